The molecule has 1 N–H and O–H groups in total. The van der Waals surface area contributed by atoms with Crippen molar-refractivity contribution >= 4 is 17.2 Å². The third-order valence-electron chi connectivity index (χ3n) is 4.69. The van der Waals surface area contributed by atoms with E-state index in [1.807, 2.05) is 37.3 Å². The first-order valence-corrected chi connectivity index (χ1v) is 8.51. The average Bonchev–Trinajstić information content (AvgIpc) is 2.67. The molecule has 1 aliphatic rings. The fourth-order valence-corrected chi connectivity index (χ4v) is 3.58. The molecule has 0 saturated heterocycles. The summed E-state index contributed by atoms with van der Waals surface area (Å²) in [7, 11) is 1.31. The van der Waals surface area contributed by atoms with Gasteiger partial charge in [0.1, 0.15) is 0 Å². The first-order valence-electron chi connectivity index (χ1n) is 8.51. The number of carbonyl (C=O) groups is 1. The van der Waals surface area contributed by atoms with Crippen LogP contribution in [0.4, 0.5) is 5.69 Å². The van der Waals surface area contributed by atoms with Gasteiger partial charge >= 0.3 is 5.97 Å². The topological polar surface area (TPSA) is 81.5 Å². The Morgan fingerprint density at radius 2 is 1.67 bits per heavy atom. The number of benzene rings is 2. The van der Waals surface area contributed by atoms with E-state index in [2.05, 4.69) is 5.32 Å². The Labute approximate surface area is 157 Å². The number of nitro groups is 1. The van der Waals surface area contributed by atoms with Crippen LogP contribution in [0.5, 0.6) is 0 Å². The number of carbonyl (C=O) groups excluding carboxylic acids is 1. The zero-order chi connectivity index (χ0) is 19.6. The van der Waals surface area contributed by atoms with Crippen LogP contribution in [0.15, 0.2) is 71.6 Å². The molecule has 0 amide bonds. The lowest BCUT2D eigenvalue weighted by molar-refractivity contribution is -0.385. The van der Waals surface area contributed by atoms with Crippen molar-refractivity contribution < 1.29 is 14.5 Å². The molecule has 1 aliphatic heterocycles. The van der Waals surface area contributed by atoms with Gasteiger partial charge < -0.3 is 10.1 Å². The van der Waals surface area contributed by atoms with Gasteiger partial charge in [0.2, 0.25) is 0 Å². The van der Waals surface area contributed by atoms with Crippen LogP contribution in [0, 0.1) is 10.1 Å². The van der Waals surface area contributed by atoms with Gasteiger partial charge in [-0.1, -0.05) is 48.5 Å². The summed E-state index contributed by atoms with van der Waals surface area (Å²) in [5, 5.41) is 14.9. The number of nitrogens with zero attached hydrogens (tertiary/aromatic N) is 1. The van der Waals surface area contributed by atoms with E-state index in [-0.39, 0.29) is 5.69 Å². The SMILES string of the molecule is COC(=O)C1=C(C)NC(C)=C(c2ccccc2)C1c1ccccc1[N+](=O)[O-]. The molecule has 3 rings (SSSR count). The minimum absolute atomic E-state index is 0.0279. The van der Waals surface area contributed by atoms with Crippen LogP contribution in [0.2, 0.25) is 0 Å². The molecule has 0 fully saturated rings. The number of rotatable bonds is 4. The molecule has 2 aromatic carbocycles. The molecule has 0 spiro atoms. The summed E-state index contributed by atoms with van der Waals surface area (Å²) in [6.07, 6.45) is 0. The van der Waals surface area contributed by atoms with Crippen molar-refractivity contribution in [1.29, 1.82) is 0 Å². The van der Waals surface area contributed by atoms with E-state index in [4.69, 9.17) is 4.74 Å². The predicted molar refractivity (Wildman–Crippen MR) is 103 cm³/mol. The van der Waals surface area contributed by atoms with Gasteiger partial charge in [-0.2, -0.15) is 0 Å². The molecule has 1 heterocycles. The number of methoxy groups -OCH3 is 1. The summed E-state index contributed by atoms with van der Waals surface area (Å²) in [5.41, 5.74) is 3.98. The molecule has 138 valence electrons. The van der Waals surface area contributed by atoms with Crippen LogP contribution in [-0.2, 0) is 9.53 Å². The Morgan fingerprint density at radius 1 is 1.04 bits per heavy atom. The summed E-state index contributed by atoms with van der Waals surface area (Å²) >= 11 is 0. The van der Waals surface area contributed by atoms with Gasteiger partial charge in [0.05, 0.1) is 23.5 Å². The molecule has 6 heteroatoms. The van der Waals surface area contributed by atoms with Crippen molar-refractivity contribution in [3.63, 3.8) is 0 Å². The van der Waals surface area contributed by atoms with Crippen LogP contribution >= 0.6 is 0 Å². The summed E-state index contributed by atoms with van der Waals surface area (Å²) in [6.45, 7) is 3.68. The van der Waals surface area contributed by atoms with Gasteiger partial charge in [-0.3, -0.25) is 10.1 Å². The first kappa shape index (κ1) is 18.4. The number of para-hydroxylation sites is 1. The van der Waals surface area contributed by atoms with Crippen molar-refractivity contribution in [2.75, 3.05) is 7.11 Å². The maximum atomic E-state index is 12.6. The second kappa shape index (κ2) is 7.45. The van der Waals surface area contributed by atoms with Crippen molar-refractivity contribution in [2.45, 2.75) is 19.8 Å². The summed E-state index contributed by atoms with van der Waals surface area (Å²) < 4.78 is 5.00. The monoisotopic (exact) mass is 364 g/mol. The summed E-state index contributed by atoms with van der Waals surface area (Å²) in [6, 6.07) is 16.1. The standard InChI is InChI=1S/C21H20N2O4/c1-13-18(15-9-5-4-6-10-15)20(19(14(2)22-13)21(24)27-3)16-11-7-8-12-17(16)23(25)26/h4-12,20,22H,1-3H3. The van der Waals surface area contributed by atoms with E-state index in [0.717, 1.165) is 16.8 Å². The Hall–Kier alpha value is -3.41. The predicted octanol–water partition coefficient (Wildman–Crippen LogP) is 4.16. The first-order chi connectivity index (χ1) is 13.0. The van der Waals surface area contributed by atoms with E-state index in [9.17, 15) is 14.9 Å². The molecule has 1 unspecified atom stereocenters. The number of hydrogen-bond acceptors (Lipinski definition) is 5. The normalized spacial score (nSPS) is 16.8. The minimum Gasteiger partial charge on any atom is -0.466 e. The zero-order valence-electron chi connectivity index (χ0n) is 15.4. The van der Waals surface area contributed by atoms with E-state index in [1.54, 1.807) is 25.1 Å². The molecular formula is C21H20N2O4. The van der Waals surface area contributed by atoms with Gasteiger partial charge in [-0.15, -0.1) is 0 Å². The van der Waals surface area contributed by atoms with E-state index >= 15 is 0 Å². The number of nitrogens with one attached hydrogen (secondary N) is 1. The van der Waals surface area contributed by atoms with Gasteiger partial charge in [-0.05, 0) is 25.0 Å². The molecule has 0 aliphatic carbocycles. The Kier molecular flexibility index (Phi) is 5.07. The summed E-state index contributed by atoms with van der Waals surface area (Å²) in [5.74, 6) is -1.12. The third kappa shape index (κ3) is 3.33. The molecule has 0 bridgehead atoms. The quantitative estimate of drug-likeness (QED) is 0.500. The fourth-order valence-electron chi connectivity index (χ4n) is 3.58. The van der Waals surface area contributed by atoms with Crippen molar-refractivity contribution in [3.8, 4) is 0 Å². The Morgan fingerprint density at radius 3 is 2.30 bits per heavy atom. The molecule has 27 heavy (non-hydrogen) atoms. The van der Waals surface area contributed by atoms with Crippen LogP contribution < -0.4 is 5.32 Å². The highest BCUT2D eigenvalue weighted by Gasteiger charge is 2.37. The molecule has 6 nitrogen and oxygen atoms in total. The fraction of sp³-hybridized carbons (Fsp3) is 0.190. The number of esters is 1. The average molecular weight is 364 g/mol. The van der Waals surface area contributed by atoms with Crippen LogP contribution in [0.3, 0.4) is 0 Å². The lowest BCUT2D eigenvalue weighted by atomic mass is 9.77. The number of nitro benzene ring substituents is 1. The third-order valence-corrected chi connectivity index (χ3v) is 4.69. The number of ether oxygens (including phenoxy) is 1. The number of hydrogen-bond donors (Lipinski definition) is 1. The highest BCUT2D eigenvalue weighted by Crippen LogP contribution is 2.46. The van der Waals surface area contributed by atoms with Gasteiger partial charge in [0.25, 0.3) is 5.69 Å². The smallest absolute Gasteiger partial charge is 0.336 e. The second-order valence-electron chi connectivity index (χ2n) is 6.31. The van der Waals surface area contributed by atoms with Crippen LogP contribution in [0.25, 0.3) is 5.57 Å². The highest BCUT2D eigenvalue weighted by molar-refractivity contribution is 5.98. The van der Waals surface area contributed by atoms with Gasteiger partial charge in [0, 0.05) is 23.0 Å². The molecular weight excluding hydrogens is 344 g/mol. The molecule has 0 saturated carbocycles. The largest absolute Gasteiger partial charge is 0.466 e. The van der Waals surface area contributed by atoms with Gasteiger partial charge in [-0.25, -0.2) is 4.79 Å². The molecule has 2 aromatic rings. The van der Waals surface area contributed by atoms with E-state index < -0.39 is 16.8 Å². The maximum absolute atomic E-state index is 12.6. The summed E-state index contributed by atoms with van der Waals surface area (Å²) in [4.78, 5) is 23.9. The maximum Gasteiger partial charge on any atom is 0.336 e. The molecule has 0 aromatic heterocycles. The lowest BCUT2D eigenvalue weighted by Gasteiger charge is -2.31. The number of allylic oxidation sites excluding steroid dienone is 3. The Balaban J connectivity index is 2.32. The zero-order valence-corrected chi connectivity index (χ0v) is 15.4. The van der Waals surface area contributed by atoms with Crippen LogP contribution in [0.1, 0.15) is 30.9 Å². The molecule has 0 radical (unpaired) electrons. The van der Waals surface area contributed by atoms with Gasteiger partial charge in [0.15, 0.2) is 0 Å². The molecule has 1 atom stereocenters. The number of dihydropyridines is 1. The second-order valence-corrected chi connectivity index (χ2v) is 6.31. The van der Waals surface area contributed by atoms with Crippen molar-refractivity contribution in [2.24, 2.45) is 0 Å². The Bertz CT molecular complexity index is 961. The van der Waals surface area contributed by atoms with Crippen molar-refractivity contribution in [1.82, 2.24) is 5.32 Å². The minimum atomic E-state index is -0.609. The highest BCUT2D eigenvalue weighted by atomic mass is 16.6. The lowest BCUT2D eigenvalue weighted by Crippen LogP contribution is -2.28. The van der Waals surface area contributed by atoms with E-state index in [0.29, 0.717) is 16.8 Å². The van der Waals surface area contributed by atoms with Crippen molar-refractivity contribution in [3.05, 3.63) is 92.8 Å². The van der Waals surface area contributed by atoms with Crippen LogP contribution in [-0.4, -0.2) is 18.0 Å². The van der Waals surface area contributed by atoms with E-state index in [1.165, 1.54) is 13.2 Å².